The highest BCUT2D eigenvalue weighted by molar-refractivity contribution is 9.10. The van der Waals surface area contributed by atoms with Crippen molar-refractivity contribution in [3.05, 3.63) is 99.2 Å². The Hall–Kier alpha value is -4.84. The van der Waals surface area contributed by atoms with Crippen molar-refractivity contribution in [3.63, 3.8) is 0 Å². The number of carbonyl (C=O) groups is 3. The number of rotatable bonds is 11. The molecule has 0 spiro atoms. The maximum Gasteiger partial charge on any atom is 0.337 e. The molecular weight excluding hydrogens is 608 g/mol. The van der Waals surface area contributed by atoms with E-state index in [0.29, 0.717) is 35.1 Å². The normalized spacial score (nSPS) is 14.6. The van der Waals surface area contributed by atoms with Gasteiger partial charge in [0.25, 0.3) is 5.91 Å². The van der Waals surface area contributed by atoms with Crippen LogP contribution >= 0.6 is 15.9 Å². The molecule has 3 aromatic carbocycles. The number of hydrazone groups is 1. The third kappa shape index (κ3) is 7.88. The van der Waals surface area contributed by atoms with Gasteiger partial charge < -0.3 is 29.6 Å². The number of nitrogens with zero attached hydrogens (tertiary/aromatic N) is 1. The first-order valence-corrected chi connectivity index (χ1v) is 13.5. The summed E-state index contributed by atoms with van der Waals surface area (Å²) >= 11 is 3.41. The van der Waals surface area contributed by atoms with E-state index in [1.54, 1.807) is 25.1 Å². The SMILES string of the molecule is COC(=O)C1=C(C)NC(=O)N[C@@H]1c1ccc(OCC(=O)N/N=C\c2ccc(OCc3ccc(Br)cc3)cc2)c(OC)c1. The van der Waals surface area contributed by atoms with Crippen LogP contribution < -0.4 is 30.3 Å². The highest BCUT2D eigenvalue weighted by Gasteiger charge is 2.32. The van der Waals surface area contributed by atoms with Gasteiger partial charge in [-0.05, 0) is 72.1 Å². The molecule has 218 valence electrons. The molecule has 42 heavy (non-hydrogen) atoms. The molecule has 3 N–H and O–H groups in total. The van der Waals surface area contributed by atoms with E-state index >= 15 is 0 Å². The molecule has 3 aromatic rings. The minimum Gasteiger partial charge on any atom is -0.493 e. The summed E-state index contributed by atoms with van der Waals surface area (Å²) in [5.41, 5.74) is 5.44. The number of esters is 1. The van der Waals surface area contributed by atoms with Crippen LogP contribution in [0.25, 0.3) is 0 Å². The summed E-state index contributed by atoms with van der Waals surface area (Å²) in [6.45, 7) is 1.74. The molecule has 0 saturated carbocycles. The van der Waals surface area contributed by atoms with Crippen molar-refractivity contribution in [1.29, 1.82) is 0 Å². The van der Waals surface area contributed by atoms with Crippen molar-refractivity contribution in [2.24, 2.45) is 5.10 Å². The Morgan fingerprint density at radius 1 is 1.00 bits per heavy atom. The molecule has 1 aliphatic rings. The highest BCUT2D eigenvalue weighted by atomic mass is 79.9. The van der Waals surface area contributed by atoms with Gasteiger partial charge in [-0.15, -0.1) is 0 Å². The third-order valence-electron chi connectivity index (χ3n) is 6.16. The van der Waals surface area contributed by atoms with Gasteiger partial charge >= 0.3 is 12.0 Å². The number of ether oxygens (including phenoxy) is 4. The maximum atomic E-state index is 12.4. The summed E-state index contributed by atoms with van der Waals surface area (Å²) in [6, 6.07) is 18.8. The number of carbonyl (C=O) groups excluding carboxylic acids is 3. The molecule has 0 unspecified atom stereocenters. The van der Waals surface area contributed by atoms with Crippen molar-refractivity contribution in [1.82, 2.24) is 16.1 Å². The molecule has 0 aromatic heterocycles. The summed E-state index contributed by atoms with van der Waals surface area (Å²) in [6.07, 6.45) is 1.51. The van der Waals surface area contributed by atoms with Gasteiger partial charge in [-0.25, -0.2) is 15.0 Å². The van der Waals surface area contributed by atoms with E-state index in [1.807, 2.05) is 48.5 Å². The predicted molar refractivity (Wildman–Crippen MR) is 158 cm³/mol. The first-order valence-electron chi connectivity index (χ1n) is 12.7. The second-order valence-corrected chi connectivity index (χ2v) is 9.95. The molecule has 1 aliphatic heterocycles. The average molecular weight is 637 g/mol. The lowest BCUT2D eigenvalue weighted by Crippen LogP contribution is -2.45. The summed E-state index contributed by atoms with van der Waals surface area (Å²) < 4.78 is 22.7. The molecule has 0 fully saturated rings. The Labute approximate surface area is 251 Å². The van der Waals surface area contributed by atoms with Crippen LogP contribution in [0, 0.1) is 0 Å². The molecular formula is C30H29BrN4O7. The van der Waals surface area contributed by atoms with E-state index in [-0.39, 0.29) is 12.2 Å². The zero-order valence-electron chi connectivity index (χ0n) is 23.1. The van der Waals surface area contributed by atoms with Crippen LogP contribution in [-0.4, -0.2) is 44.9 Å². The Morgan fingerprint density at radius 3 is 2.43 bits per heavy atom. The average Bonchev–Trinajstić information content (AvgIpc) is 2.99. The maximum absolute atomic E-state index is 12.4. The number of hydrogen-bond donors (Lipinski definition) is 3. The number of allylic oxidation sites excluding steroid dienone is 1. The molecule has 0 aliphatic carbocycles. The van der Waals surface area contributed by atoms with E-state index in [9.17, 15) is 14.4 Å². The van der Waals surface area contributed by atoms with Gasteiger partial charge in [-0.3, -0.25) is 4.79 Å². The second-order valence-electron chi connectivity index (χ2n) is 9.04. The zero-order chi connectivity index (χ0) is 30.1. The van der Waals surface area contributed by atoms with Crippen LogP contribution in [0.2, 0.25) is 0 Å². The largest absolute Gasteiger partial charge is 0.493 e. The molecule has 0 radical (unpaired) electrons. The number of benzene rings is 3. The molecule has 12 heteroatoms. The Balaban J connectivity index is 1.30. The second kappa shape index (κ2) is 14.2. The van der Waals surface area contributed by atoms with Crippen molar-refractivity contribution in [2.45, 2.75) is 19.6 Å². The summed E-state index contributed by atoms with van der Waals surface area (Å²) in [5.74, 6) is 0.245. The molecule has 4 rings (SSSR count). The van der Waals surface area contributed by atoms with Crippen molar-refractivity contribution >= 4 is 40.1 Å². The van der Waals surface area contributed by atoms with Crippen LogP contribution in [0.1, 0.15) is 29.7 Å². The first kappa shape index (κ1) is 30.1. The molecule has 1 atom stereocenters. The van der Waals surface area contributed by atoms with Gasteiger partial charge in [0.05, 0.1) is 32.0 Å². The standard InChI is InChI=1S/C30H29BrN4O7/c1-18-27(29(37)40-3)28(34-30(38)33-18)21-8-13-24(25(14-21)39-2)42-17-26(36)35-32-15-19-6-11-23(12-7-19)41-16-20-4-9-22(31)10-5-20/h4-15,28H,16-17H2,1-3H3,(H,35,36)(H2,33,34,38)/b32-15-/t28-/m1/s1. The van der Waals surface area contributed by atoms with Crippen LogP contribution in [0.5, 0.6) is 17.2 Å². The van der Waals surface area contributed by atoms with Crippen LogP contribution in [-0.2, 0) is 20.9 Å². The molecule has 1 heterocycles. The smallest absolute Gasteiger partial charge is 0.337 e. The van der Waals surface area contributed by atoms with Crippen LogP contribution in [0.3, 0.4) is 0 Å². The fraction of sp³-hybridized carbons (Fsp3) is 0.200. The fourth-order valence-corrected chi connectivity index (χ4v) is 4.32. The predicted octanol–water partition coefficient (Wildman–Crippen LogP) is 4.37. The number of methoxy groups -OCH3 is 2. The molecule has 3 amide bonds. The van der Waals surface area contributed by atoms with Gasteiger partial charge in [0.2, 0.25) is 0 Å². The van der Waals surface area contributed by atoms with E-state index in [1.165, 1.54) is 20.4 Å². The molecule has 0 saturated heterocycles. The van der Waals surface area contributed by atoms with E-state index in [4.69, 9.17) is 18.9 Å². The van der Waals surface area contributed by atoms with Crippen molar-refractivity contribution < 1.29 is 33.3 Å². The number of nitrogens with one attached hydrogen (secondary N) is 3. The van der Waals surface area contributed by atoms with Crippen molar-refractivity contribution in [3.8, 4) is 17.2 Å². The number of hydrogen-bond acceptors (Lipinski definition) is 8. The minimum absolute atomic E-state index is 0.257. The number of amides is 3. The first-order chi connectivity index (χ1) is 20.3. The quantitative estimate of drug-likeness (QED) is 0.161. The fourth-order valence-electron chi connectivity index (χ4n) is 4.06. The Bertz CT molecular complexity index is 1510. The Morgan fingerprint density at radius 2 is 1.74 bits per heavy atom. The highest BCUT2D eigenvalue weighted by Crippen LogP contribution is 2.34. The summed E-state index contributed by atoms with van der Waals surface area (Å²) in [4.78, 5) is 36.7. The molecule has 11 nitrogen and oxygen atoms in total. The lowest BCUT2D eigenvalue weighted by atomic mass is 9.95. The topological polar surface area (TPSA) is 137 Å². The lowest BCUT2D eigenvalue weighted by molar-refractivity contribution is -0.136. The lowest BCUT2D eigenvalue weighted by Gasteiger charge is -2.28. The molecule has 0 bridgehead atoms. The van der Waals surface area contributed by atoms with E-state index in [2.05, 4.69) is 37.1 Å². The van der Waals surface area contributed by atoms with Crippen LogP contribution in [0.15, 0.2) is 87.6 Å². The van der Waals surface area contributed by atoms with Gasteiger partial charge in [0, 0.05) is 10.2 Å². The van der Waals surface area contributed by atoms with Gasteiger partial charge in [0.1, 0.15) is 12.4 Å². The van der Waals surface area contributed by atoms with E-state index in [0.717, 1.165) is 15.6 Å². The van der Waals surface area contributed by atoms with Gasteiger partial charge in [0.15, 0.2) is 18.1 Å². The van der Waals surface area contributed by atoms with Crippen molar-refractivity contribution in [2.75, 3.05) is 20.8 Å². The van der Waals surface area contributed by atoms with E-state index < -0.39 is 23.9 Å². The van der Waals surface area contributed by atoms with Gasteiger partial charge in [-0.1, -0.05) is 34.1 Å². The number of urea groups is 1. The summed E-state index contributed by atoms with van der Waals surface area (Å²) in [7, 11) is 2.71. The third-order valence-corrected chi connectivity index (χ3v) is 6.68. The Kier molecular flexibility index (Phi) is 10.2. The number of halogens is 1. The van der Waals surface area contributed by atoms with Gasteiger partial charge in [-0.2, -0.15) is 5.10 Å². The summed E-state index contributed by atoms with van der Waals surface area (Å²) in [5, 5.41) is 9.25. The monoisotopic (exact) mass is 636 g/mol. The minimum atomic E-state index is -0.765. The zero-order valence-corrected chi connectivity index (χ0v) is 24.7. The van der Waals surface area contributed by atoms with Crippen LogP contribution in [0.4, 0.5) is 4.79 Å².